The number of nitrogens with one attached hydrogen (secondary N) is 2. The highest BCUT2D eigenvalue weighted by Crippen LogP contribution is 2.31. The summed E-state index contributed by atoms with van der Waals surface area (Å²) < 4.78 is 26.6. The Hall–Kier alpha value is -0.750. The molecule has 4 nitrogen and oxygen atoms in total. The third kappa shape index (κ3) is 4.88. The van der Waals surface area contributed by atoms with Crippen LogP contribution in [-0.4, -0.2) is 20.2 Å². The Morgan fingerprint density at radius 2 is 1.90 bits per heavy atom. The van der Waals surface area contributed by atoms with E-state index >= 15 is 0 Å². The largest absolute Gasteiger partial charge is 0.381 e. The first kappa shape index (κ1) is 16.6. The van der Waals surface area contributed by atoms with Crippen molar-refractivity contribution in [2.45, 2.75) is 45.6 Å². The fraction of sp³-hybridized carbons (Fsp3) is 0.600. The summed E-state index contributed by atoms with van der Waals surface area (Å²) >= 11 is 3.52. The van der Waals surface area contributed by atoms with Gasteiger partial charge in [-0.2, -0.15) is 0 Å². The Labute approximate surface area is 135 Å². The third-order valence-corrected chi connectivity index (χ3v) is 5.96. The molecule has 1 aliphatic rings. The van der Waals surface area contributed by atoms with Gasteiger partial charge in [0.15, 0.2) is 0 Å². The first-order valence-corrected chi connectivity index (χ1v) is 9.90. The number of benzene rings is 1. The summed E-state index contributed by atoms with van der Waals surface area (Å²) in [5.74, 6) is 0.905. The van der Waals surface area contributed by atoms with Crippen molar-refractivity contribution in [1.29, 1.82) is 0 Å². The highest BCUT2D eigenvalue weighted by Gasteiger charge is 2.18. The van der Waals surface area contributed by atoms with Gasteiger partial charge in [0.2, 0.25) is 10.0 Å². The Morgan fingerprint density at radius 1 is 1.24 bits per heavy atom. The van der Waals surface area contributed by atoms with E-state index in [1.54, 1.807) is 19.1 Å². The van der Waals surface area contributed by atoms with Gasteiger partial charge in [-0.05, 0) is 72.7 Å². The summed E-state index contributed by atoms with van der Waals surface area (Å²) in [6.45, 7) is 3.93. The van der Waals surface area contributed by atoms with Crippen molar-refractivity contribution in [2.75, 3.05) is 15.8 Å². The molecule has 0 unspecified atom stereocenters. The van der Waals surface area contributed by atoms with Gasteiger partial charge in [0.05, 0.1) is 5.75 Å². The summed E-state index contributed by atoms with van der Waals surface area (Å²) in [6.07, 6.45) is 4.92. The van der Waals surface area contributed by atoms with Crippen molar-refractivity contribution in [3.8, 4) is 0 Å². The van der Waals surface area contributed by atoms with Gasteiger partial charge in [0, 0.05) is 21.9 Å². The van der Waals surface area contributed by atoms with Gasteiger partial charge in [0.25, 0.3) is 0 Å². The Balaban J connectivity index is 2.02. The van der Waals surface area contributed by atoms with Gasteiger partial charge < -0.3 is 5.32 Å². The van der Waals surface area contributed by atoms with Gasteiger partial charge in [-0.3, -0.25) is 4.72 Å². The van der Waals surface area contributed by atoms with Crippen molar-refractivity contribution >= 4 is 37.3 Å². The quantitative estimate of drug-likeness (QED) is 0.811. The topological polar surface area (TPSA) is 58.2 Å². The molecule has 0 atom stereocenters. The lowest BCUT2D eigenvalue weighted by molar-refractivity contribution is 0.361. The van der Waals surface area contributed by atoms with Crippen LogP contribution in [0.15, 0.2) is 22.7 Å². The molecule has 0 aromatic heterocycles. The summed E-state index contributed by atoms with van der Waals surface area (Å²) in [5, 5.41) is 3.55. The molecule has 2 N–H and O–H groups in total. The smallest absolute Gasteiger partial charge is 0.232 e. The second-order valence-corrected chi connectivity index (χ2v) is 8.67. The van der Waals surface area contributed by atoms with Crippen LogP contribution in [0.1, 0.15) is 39.5 Å². The molecule has 0 amide bonds. The first-order chi connectivity index (χ1) is 9.89. The molecule has 1 saturated carbocycles. The van der Waals surface area contributed by atoms with Gasteiger partial charge in [-0.25, -0.2) is 8.42 Å². The second kappa shape index (κ2) is 7.01. The van der Waals surface area contributed by atoms with E-state index in [-0.39, 0.29) is 5.75 Å². The first-order valence-electron chi connectivity index (χ1n) is 7.46. The Kier molecular flexibility index (Phi) is 5.54. The van der Waals surface area contributed by atoms with Gasteiger partial charge in [-0.15, -0.1) is 0 Å². The highest BCUT2D eigenvalue weighted by molar-refractivity contribution is 9.10. The molecule has 2 rings (SSSR count). The van der Waals surface area contributed by atoms with Crippen molar-refractivity contribution in [2.24, 2.45) is 5.92 Å². The van der Waals surface area contributed by atoms with E-state index in [4.69, 9.17) is 0 Å². The van der Waals surface area contributed by atoms with Crippen molar-refractivity contribution in [3.05, 3.63) is 22.7 Å². The number of hydrogen-bond donors (Lipinski definition) is 2. The molecule has 6 heteroatoms. The minimum absolute atomic E-state index is 0.0743. The van der Waals surface area contributed by atoms with Crippen LogP contribution in [0.3, 0.4) is 0 Å². The maximum absolute atomic E-state index is 11.6. The molecule has 0 spiro atoms. The molecular weight excluding hydrogens is 352 g/mol. The molecule has 1 aromatic carbocycles. The molecule has 0 aliphatic heterocycles. The number of halogens is 1. The van der Waals surface area contributed by atoms with Crippen LogP contribution in [-0.2, 0) is 10.0 Å². The number of hydrogen-bond acceptors (Lipinski definition) is 3. The monoisotopic (exact) mass is 374 g/mol. The predicted molar refractivity (Wildman–Crippen MR) is 92.3 cm³/mol. The van der Waals surface area contributed by atoms with E-state index in [0.717, 1.165) is 16.1 Å². The highest BCUT2D eigenvalue weighted by atomic mass is 79.9. The van der Waals surface area contributed by atoms with Crippen LogP contribution in [0.2, 0.25) is 0 Å². The van der Waals surface area contributed by atoms with Crippen LogP contribution in [0, 0.1) is 5.92 Å². The minimum atomic E-state index is -3.23. The van der Waals surface area contributed by atoms with Crippen LogP contribution in [0.25, 0.3) is 0 Å². The molecule has 1 aliphatic carbocycles. The van der Waals surface area contributed by atoms with Crippen molar-refractivity contribution < 1.29 is 8.42 Å². The standard InChI is InChI=1S/C15H23BrN2O2S/c1-3-21(19,20)18-13-8-9-15(14(16)10-13)17-12-6-4-11(2)5-7-12/h8-12,17-18H,3-7H2,1-2H3. The fourth-order valence-corrected chi connectivity index (χ4v) is 3.70. The zero-order valence-corrected chi connectivity index (χ0v) is 14.9. The fourth-order valence-electron chi connectivity index (χ4n) is 2.57. The molecule has 0 radical (unpaired) electrons. The Morgan fingerprint density at radius 3 is 2.48 bits per heavy atom. The summed E-state index contributed by atoms with van der Waals surface area (Å²) in [7, 11) is -3.23. The number of rotatable bonds is 5. The predicted octanol–water partition coefficient (Wildman–Crippen LogP) is 4.20. The summed E-state index contributed by atoms with van der Waals surface area (Å²) in [6, 6.07) is 6.04. The lowest BCUT2D eigenvalue weighted by Crippen LogP contribution is -2.25. The van der Waals surface area contributed by atoms with Gasteiger partial charge in [0.1, 0.15) is 0 Å². The average molecular weight is 375 g/mol. The normalized spacial score (nSPS) is 22.8. The lowest BCUT2D eigenvalue weighted by atomic mass is 9.87. The lowest BCUT2D eigenvalue weighted by Gasteiger charge is -2.28. The van der Waals surface area contributed by atoms with Crippen LogP contribution in [0.5, 0.6) is 0 Å². The molecular formula is C15H23BrN2O2S. The maximum Gasteiger partial charge on any atom is 0.232 e. The number of anilines is 2. The molecule has 0 heterocycles. The van der Waals surface area contributed by atoms with E-state index in [2.05, 4.69) is 32.9 Å². The molecule has 1 aromatic rings. The van der Waals surface area contributed by atoms with E-state index in [0.29, 0.717) is 11.7 Å². The molecule has 21 heavy (non-hydrogen) atoms. The van der Waals surface area contributed by atoms with Crippen LogP contribution in [0.4, 0.5) is 11.4 Å². The van der Waals surface area contributed by atoms with E-state index in [1.807, 2.05) is 6.07 Å². The van der Waals surface area contributed by atoms with Crippen molar-refractivity contribution in [1.82, 2.24) is 0 Å². The summed E-state index contributed by atoms with van der Waals surface area (Å²) in [5.41, 5.74) is 1.61. The third-order valence-electron chi connectivity index (χ3n) is 4.00. The second-order valence-electron chi connectivity index (χ2n) is 5.80. The zero-order chi connectivity index (χ0) is 15.5. The summed E-state index contributed by atoms with van der Waals surface area (Å²) in [4.78, 5) is 0. The number of sulfonamides is 1. The van der Waals surface area contributed by atoms with E-state index in [1.165, 1.54) is 25.7 Å². The van der Waals surface area contributed by atoms with Crippen LogP contribution < -0.4 is 10.0 Å². The van der Waals surface area contributed by atoms with E-state index < -0.39 is 10.0 Å². The van der Waals surface area contributed by atoms with Gasteiger partial charge >= 0.3 is 0 Å². The maximum atomic E-state index is 11.6. The van der Waals surface area contributed by atoms with Crippen molar-refractivity contribution in [3.63, 3.8) is 0 Å². The Bertz CT molecular complexity index is 581. The molecule has 0 saturated heterocycles. The zero-order valence-electron chi connectivity index (χ0n) is 12.5. The SMILES string of the molecule is CCS(=O)(=O)Nc1ccc(NC2CCC(C)CC2)c(Br)c1. The van der Waals surface area contributed by atoms with Gasteiger partial charge in [-0.1, -0.05) is 6.92 Å². The van der Waals surface area contributed by atoms with Crippen LogP contribution >= 0.6 is 15.9 Å². The van der Waals surface area contributed by atoms with E-state index in [9.17, 15) is 8.42 Å². The molecule has 0 bridgehead atoms. The minimum Gasteiger partial charge on any atom is -0.381 e. The average Bonchev–Trinajstić information content (AvgIpc) is 2.44. The molecule has 1 fully saturated rings. The molecule has 118 valence electrons.